The Morgan fingerprint density at radius 2 is 1.00 bits per heavy atom. The van der Waals surface area contributed by atoms with E-state index in [9.17, 15) is 9.59 Å². The molecule has 0 amide bonds. The van der Waals surface area contributed by atoms with E-state index in [0.717, 1.165) is 14.2 Å². The Labute approximate surface area is 186 Å². The maximum absolute atomic E-state index is 10.4. The Bertz CT molecular complexity index is 392. The first-order valence-corrected chi connectivity index (χ1v) is 8.81. The molecule has 2 aromatic rings. The van der Waals surface area contributed by atoms with Crippen LogP contribution in [0.1, 0.15) is 47.0 Å². The molecule has 0 aliphatic carbocycles. The van der Waals surface area contributed by atoms with Gasteiger partial charge in [0, 0.05) is 20.6 Å². The molecule has 2 rings (SSSR count). The van der Waals surface area contributed by atoms with Crippen LogP contribution in [0.4, 0.5) is 0 Å². The number of hydrogen-bond acceptors (Lipinski definition) is 4. The maximum atomic E-state index is 10.4. The van der Waals surface area contributed by atoms with Crippen LogP contribution in [0.2, 0.25) is 0 Å². The third-order valence-corrected chi connectivity index (χ3v) is 2.05. The second kappa shape index (κ2) is 40.2. The van der Waals surface area contributed by atoms with Gasteiger partial charge in [-0.2, -0.15) is 72.8 Å². The SMILES string of the molecule is CCC.CCC(=O)CC(C)=O.CO.CO.[W+2].[c-]1ccccc1.[c-]1ccccc1. The standard InChI is InChI=1S/C6H10O2.2C6H5.C3H8.2CH4O.W/c1-3-6(8)4-5(2)7;2*1-2-4-6-5-3-1;1-3-2;2*1-2;/h3-4H2,1-2H3;2*1-5H;3H2,1-2H3;2*2H,1H3;/q;2*-1;;;;+2. The van der Waals surface area contributed by atoms with Crippen molar-refractivity contribution >= 4 is 11.6 Å². The fourth-order valence-corrected chi connectivity index (χ4v) is 1.09. The summed E-state index contributed by atoms with van der Waals surface area (Å²) < 4.78 is 0. The predicted molar refractivity (Wildman–Crippen MR) is 113 cm³/mol. The minimum absolute atomic E-state index is 0. The fourth-order valence-electron chi connectivity index (χ4n) is 1.09. The number of hydrogen-bond donors (Lipinski definition) is 2. The Hall–Kier alpha value is -1.61. The molecule has 158 valence electrons. The number of ketones is 2. The molecule has 0 aliphatic heterocycles. The number of carbonyl (C=O) groups excluding carboxylic acids is 2. The molecule has 0 unspecified atom stereocenters. The van der Waals surface area contributed by atoms with E-state index in [0.29, 0.717) is 6.42 Å². The van der Waals surface area contributed by atoms with Gasteiger partial charge in [-0.25, -0.2) is 0 Å². The Morgan fingerprint density at radius 3 is 1.07 bits per heavy atom. The molecule has 2 N–H and O–H groups in total. The van der Waals surface area contributed by atoms with E-state index >= 15 is 0 Å². The van der Waals surface area contributed by atoms with Gasteiger partial charge in [0.1, 0.15) is 11.6 Å². The van der Waals surface area contributed by atoms with E-state index in [1.165, 1.54) is 13.3 Å². The van der Waals surface area contributed by atoms with Gasteiger partial charge in [-0.15, -0.1) is 0 Å². The molecular formula is C23H36O4W. The van der Waals surface area contributed by atoms with Crippen molar-refractivity contribution in [3.05, 3.63) is 72.8 Å². The number of Topliss-reactive ketones (excluding diaryl/α,β-unsaturated/α-hetero) is 2. The molecule has 0 bridgehead atoms. The molecule has 0 spiro atoms. The zero-order chi connectivity index (χ0) is 21.8. The maximum Gasteiger partial charge on any atom is 2.00 e. The zero-order valence-electron chi connectivity index (χ0n) is 18.0. The third kappa shape index (κ3) is 49.7. The predicted octanol–water partition coefficient (Wildman–Crippen LogP) is 4.55. The Morgan fingerprint density at radius 1 is 0.714 bits per heavy atom. The smallest absolute Gasteiger partial charge is 0.400 e. The van der Waals surface area contributed by atoms with E-state index in [1.807, 2.05) is 60.7 Å². The first kappa shape index (κ1) is 37.2. The van der Waals surface area contributed by atoms with Crippen molar-refractivity contribution in [3.8, 4) is 0 Å². The molecule has 0 saturated heterocycles. The van der Waals surface area contributed by atoms with Crippen molar-refractivity contribution in [1.82, 2.24) is 0 Å². The largest absolute Gasteiger partial charge is 2.00 e. The van der Waals surface area contributed by atoms with Crippen molar-refractivity contribution in [1.29, 1.82) is 0 Å². The summed E-state index contributed by atoms with van der Waals surface area (Å²) in [5.41, 5.74) is 0. The second-order valence-electron chi connectivity index (χ2n) is 4.63. The van der Waals surface area contributed by atoms with Gasteiger partial charge in [-0.05, 0) is 6.92 Å². The molecule has 4 nitrogen and oxygen atoms in total. The molecule has 0 aliphatic rings. The van der Waals surface area contributed by atoms with Crippen molar-refractivity contribution in [3.63, 3.8) is 0 Å². The van der Waals surface area contributed by atoms with Gasteiger partial charge in [0.2, 0.25) is 0 Å². The van der Waals surface area contributed by atoms with Crippen LogP contribution in [0.3, 0.4) is 0 Å². The van der Waals surface area contributed by atoms with Crippen molar-refractivity contribution in [2.24, 2.45) is 0 Å². The fraction of sp³-hybridized carbons (Fsp3) is 0.391. The summed E-state index contributed by atoms with van der Waals surface area (Å²) in [6, 6.07) is 25.0. The van der Waals surface area contributed by atoms with E-state index in [4.69, 9.17) is 10.2 Å². The van der Waals surface area contributed by atoms with Crippen molar-refractivity contribution in [2.75, 3.05) is 14.2 Å². The Balaban J connectivity index is -0.0000000807. The van der Waals surface area contributed by atoms with Gasteiger partial charge in [-0.3, -0.25) is 9.59 Å². The average Bonchev–Trinajstić information content (AvgIpc) is 2.74. The van der Waals surface area contributed by atoms with Gasteiger partial charge in [-0.1, -0.05) is 27.2 Å². The number of aliphatic hydroxyl groups is 2. The van der Waals surface area contributed by atoms with Gasteiger partial charge < -0.3 is 10.2 Å². The first-order chi connectivity index (χ1) is 13.1. The molecule has 5 heteroatoms. The van der Waals surface area contributed by atoms with Crippen molar-refractivity contribution in [2.45, 2.75) is 47.0 Å². The normalized spacial score (nSPS) is 7.00. The van der Waals surface area contributed by atoms with Crippen LogP contribution >= 0.6 is 0 Å². The van der Waals surface area contributed by atoms with Crippen LogP contribution < -0.4 is 0 Å². The minimum atomic E-state index is -0.0446. The summed E-state index contributed by atoms with van der Waals surface area (Å²) >= 11 is 0. The zero-order valence-corrected chi connectivity index (χ0v) is 20.9. The van der Waals surface area contributed by atoms with Crippen LogP contribution in [0.5, 0.6) is 0 Å². The summed E-state index contributed by atoms with van der Waals surface area (Å²) in [5.74, 6) is -0.0191. The van der Waals surface area contributed by atoms with Crippen molar-refractivity contribution < 1.29 is 40.9 Å². The molecular weight excluding hydrogens is 524 g/mol. The van der Waals surface area contributed by atoms with Crippen LogP contribution in [0.25, 0.3) is 0 Å². The van der Waals surface area contributed by atoms with E-state index in [-0.39, 0.29) is 39.1 Å². The third-order valence-electron chi connectivity index (χ3n) is 2.05. The summed E-state index contributed by atoms with van der Waals surface area (Å²) in [7, 11) is 2.00. The molecule has 28 heavy (non-hydrogen) atoms. The summed E-state index contributed by atoms with van der Waals surface area (Å²) in [6.45, 7) is 7.43. The van der Waals surface area contributed by atoms with E-state index < -0.39 is 0 Å². The van der Waals surface area contributed by atoms with Crippen LogP contribution in [-0.4, -0.2) is 36.0 Å². The van der Waals surface area contributed by atoms with E-state index in [1.54, 1.807) is 6.92 Å². The van der Waals surface area contributed by atoms with Crippen LogP contribution in [0, 0.1) is 12.1 Å². The summed E-state index contributed by atoms with van der Waals surface area (Å²) in [5, 5.41) is 14.0. The van der Waals surface area contributed by atoms with E-state index in [2.05, 4.69) is 26.0 Å². The topological polar surface area (TPSA) is 74.6 Å². The Kier molecular flexibility index (Phi) is 53.3. The summed E-state index contributed by atoms with van der Waals surface area (Å²) in [4.78, 5) is 20.6. The molecule has 0 saturated carbocycles. The molecule has 0 aromatic heterocycles. The number of carbonyl (C=O) groups is 2. The van der Waals surface area contributed by atoms with Gasteiger partial charge >= 0.3 is 21.1 Å². The average molecular weight is 560 g/mol. The van der Waals surface area contributed by atoms with Gasteiger partial charge in [0.15, 0.2) is 0 Å². The minimum Gasteiger partial charge on any atom is -0.400 e. The number of benzene rings is 2. The molecule has 0 heterocycles. The van der Waals surface area contributed by atoms with Gasteiger partial charge in [0.05, 0.1) is 6.42 Å². The monoisotopic (exact) mass is 560 g/mol. The molecule has 0 radical (unpaired) electrons. The van der Waals surface area contributed by atoms with Crippen LogP contribution in [0.15, 0.2) is 60.7 Å². The molecule has 2 aromatic carbocycles. The summed E-state index contributed by atoms with van der Waals surface area (Å²) in [6.07, 6.45) is 1.83. The number of aliphatic hydroxyl groups excluding tert-OH is 2. The van der Waals surface area contributed by atoms with Crippen LogP contribution in [-0.2, 0) is 30.7 Å². The number of rotatable bonds is 3. The molecule has 0 atom stereocenters. The quantitative estimate of drug-likeness (QED) is 0.427. The van der Waals surface area contributed by atoms with Gasteiger partial charge in [0.25, 0.3) is 0 Å². The molecule has 0 fully saturated rings. The first-order valence-electron chi connectivity index (χ1n) is 8.81. The second-order valence-corrected chi connectivity index (χ2v) is 4.63.